The van der Waals surface area contributed by atoms with E-state index < -0.39 is 10.0 Å². The Morgan fingerprint density at radius 1 is 0.900 bits per heavy atom. The first-order valence-corrected chi connectivity index (χ1v) is 11.1. The van der Waals surface area contributed by atoms with Crippen LogP contribution in [0.4, 0.5) is 11.4 Å². The maximum Gasteiger partial charge on any atom is 0.264 e. The van der Waals surface area contributed by atoms with E-state index in [1.165, 1.54) is 35.6 Å². The second kappa shape index (κ2) is 8.50. The number of hydrogen-bond acceptors (Lipinski definition) is 3. The summed E-state index contributed by atoms with van der Waals surface area (Å²) in [7, 11) is -2.33. The summed E-state index contributed by atoms with van der Waals surface area (Å²) in [5.74, 6) is -0.303. The molecule has 0 aromatic heterocycles. The molecule has 0 aliphatic carbocycles. The lowest BCUT2D eigenvalue weighted by Gasteiger charge is -2.22. The summed E-state index contributed by atoms with van der Waals surface area (Å²) in [6, 6.07) is 16.8. The van der Waals surface area contributed by atoms with Crippen molar-refractivity contribution in [1.29, 1.82) is 0 Å². The third-order valence-corrected chi connectivity index (χ3v) is 6.96. The molecule has 0 bridgehead atoms. The molecule has 1 N–H and O–H groups in total. The molecule has 0 aliphatic heterocycles. The summed E-state index contributed by atoms with van der Waals surface area (Å²) in [6.45, 7) is 5.67. The Morgan fingerprint density at radius 3 is 2.20 bits per heavy atom. The van der Waals surface area contributed by atoms with Crippen LogP contribution in [0.1, 0.15) is 27.0 Å². The van der Waals surface area contributed by atoms with E-state index in [2.05, 4.69) is 5.32 Å². The van der Waals surface area contributed by atoms with Crippen molar-refractivity contribution in [3.05, 3.63) is 87.9 Å². The summed E-state index contributed by atoms with van der Waals surface area (Å²) in [5, 5.41) is 3.36. The van der Waals surface area contributed by atoms with Gasteiger partial charge in [0.1, 0.15) is 0 Å². The standard InChI is InChI=1S/C23H23ClN2O3S/c1-15-5-6-16(2)21(13-15)25-23(27)18-8-7-17(3)22(14-18)26(4)30(28,29)20-11-9-19(24)10-12-20/h5-14H,1-4H3,(H,25,27). The zero-order valence-corrected chi connectivity index (χ0v) is 18.8. The maximum atomic E-state index is 13.0. The van der Waals surface area contributed by atoms with Gasteiger partial charge in [0.25, 0.3) is 15.9 Å². The molecule has 0 atom stereocenters. The smallest absolute Gasteiger partial charge is 0.264 e. The number of nitrogens with one attached hydrogen (secondary N) is 1. The van der Waals surface area contributed by atoms with Gasteiger partial charge in [0.2, 0.25) is 0 Å². The monoisotopic (exact) mass is 442 g/mol. The molecular weight excluding hydrogens is 420 g/mol. The van der Waals surface area contributed by atoms with Crippen molar-refractivity contribution in [2.24, 2.45) is 0 Å². The van der Waals surface area contributed by atoms with Crippen LogP contribution in [0, 0.1) is 20.8 Å². The molecule has 7 heteroatoms. The van der Waals surface area contributed by atoms with Gasteiger partial charge in [0.15, 0.2) is 0 Å². The van der Waals surface area contributed by atoms with Gasteiger partial charge in [-0.25, -0.2) is 8.42 Å². The molecule has 0 radical (unpaired) electrons. The fraction of sp³-hybridized carbons (Fsp3) is 0.174. The highest BCUT2D eigenvalue weighted by atomic mass is 35.5. The highest BCUT2D eigenvalue weighted by molar-refractivity contribution is 7.92. The number of benzene rings is 3. The first kappa shape index (κ1) is 21.9. The number of anilines is 2. The molecule has 5 nitrogen and oxygen atoms in total. The molecule has 156 valence electrons. The summed E-state index contributed by atoms with van der Waals surface area (Å²) in [5.41, 5.74) is 4.24. The van der Waals surface area contributed by atoms with E-state index in [1.807, 2.05) is 32.0 Å². The minimum Gasteiger partial charge on any atom is -0.322 e. The topological polar surface area (TPSA) is 66.5 Å². The minimum absolute atomic E-state index is 0.124. The molecule has 0 aliphatic rings. The van der Waals surface area contributed by atoms with E-state index in [0.29, 0.717) is 16.3 Å². The van der Waals surface area contributed by atoms with Crippen LogP contribution < -0.4 is 9.62 Å². The lowest BCUT2D eigenvalue weighted by atomic mass is 10.1. The number of halogens is 1. The Kier molecular flexibility index (Phi) is 6.19. The molecule has 0 unspecified atom stereocenters. The van der Waals surface area contributed by atoms with E-state index >= 15 is 0 Å². The second-order valence-electron chi connectivity index (χ2n) is 7.20. The SMILES string of the molecule is Cc1ccc(C)c(NC(=O)c2ccc(C)c(N(C)S(=O)(=O)c3ccc(Cl)cc3)c2)c1. The Morgan fingerprint density at radius 2 is 1.53 bits per heavy atom. The van der Waals surface area contributed by atoms with Crippen molar-refractivity contribution in [2.75, 3.05) is 16.7 Å². The average Bonchev–Trinajstić information content (AvgIpc) is 2.70. The Labute approximate surface area is 182 Å². The minimum atomic E-state index is -3.80. The fourth-order valence-corrected chi connectivity index (χ4v) is 4.43. The predicted octanol–water partition coefficient (Wildman–Crippen LogP) is 5.34. The van der Waals surface area contributed by atoms with Gasteiger partial charge in [0.05, 0.1) is 10.6 Å². The molecular formula is C23H23ClN2O3S. The lowest BCUT2D eigenvalue weighted by molar-refractivity contribution is 0.102. The second-order valence-corrected chi connectivity index (χ2v) is 9.61. The van der Waals surface area contributed by atoms with E-state index in [9.17, 15) is 13.2 Å². The van der Waals surface area contributed by atoms with Gasteiger partial charge < -0.3 is 5.32 Å². The predicted molar refractivity (Wildman–Crippen MR) is 122 cm³/mol. The van der Waals surface area contributed by atoms with Gasteiger partial charge in [-0.05, 0) is 79.9 Å². The fourth-order valence-electron chi connectivity index (χ4n) is 3.05. The molecule has 1 amide bonds. The largest absolute Gasteiger partial charge is 0.322 e. The highest BCUT2D eigenvalue weighted by Crippen LogP contribution is 2.28. The zero-order chi connectivity index (χ0) is 22.1. The van der Waals surface area contributed by atoms with Crippen LogP contribution in [0.15, 0.2) is 65.6 Å². The van der Waals surface area contributed by atoms with Crippen molar-refractivity contribution in [3.8, 4) is 0 Å². The normalized spacial score (nSPS) is 11.2. The average molecular weight is 443 g/mol. The van der Waals surface area contributed by atoms with Gasteiger partial charge in [0, 0.05) is 23.3 Å². The zero-order valence-electron chi connectivity index (χ0n) is 17.2. The summed E-state index contributed by atoms with van der Waals surface area (Å²) >= 11 is 5.87. The molecule has 0 spiro atoms. The molecule has 3 aromatic rings. The quantitative estimate of drug-likeness (QED) is 0.579. The van der Waals surface area contributed by atoms with Gasteiger partial charge in [-0.3, -0.25) is 9.10 Å². The van der Waals surface area contributed by atoms with Crippen molar-refractivity contribution in [3.63, 3.8) is 0 Å². The summed E-state index contributed by atoms with van der Waals surface area (Å²) < 4.78 is 27.2. The molecule has 3 aromatic carbocycles. The number of rotatable bonds is 5. The number of aryl methyl sites for hydroxylation is 3. The molecule has 3 rings (SSSR count). The Hall–Kier alpha value is -2.83. The van der Waals surface area contributed by atoms with Gasteiger partial charge >= 0.3 is 0 Å². The highest BCUT2D eigenvalue weighted by Gasteiger charge is 2.23. The van der Waals surface area contributed by atoms with Gasteiger partial charge in [-0.15, -0.1) is 0 Å². The van der Waals surface area contributed by atoms with Gasteiger partial charge in [-0.2, -0.15) is 0 Å². The molecule has 0 heterocycles. The Bertz CT molecular complexity index is 1210. The van der Waals surface area contributed by atoms with Crippen LogP contribution >= 0.6 is 11.6 Å². The van der Waals surface area contributed by atoms with E-state index in [0.717, 1.165) is 22.4 Å². The first-order chi connectivity index (χ1) is 14.1. The number of nitrogens with zero attached hydrogens (tertiary/aromatic N) is 1. The van der Waals surface area contributed by atoms with Crippen LogP contribution in [0.5, 0.6) is 0 Å². The number of carbonyl (C=O) groups excluding carboxylic acids is 1. The third-order valence-electron chi connectivity index (χ3n) is 4.92. The third kappa shape index (κ3) is 4.50. The van der Waals surface area contributed by atoms with E-state index in [4.69, 9.17) is 11.6 Å². The number of hydrogen-bond donors (Lipinski definition) is 1. The van der Waals surface area contributed by atoms with Crippen LogP contribution in [-0.4, -0.2) is 21.4 Å². The number of carbonyl (C=O) groups is 1. The molecule has 0 saturated heterocycles. The number of amides is 1. The van der Waals surface area contributed by atoms with Gasteiger partial charge in [-0.1, -0.05) is 29.8 Å². The maximum absolute atomic E-state index is 13.0. The Balaban J connectivity index is 1.93. The van der Waals surface area contributed by atoms with Crippen molar-refractivity contribution >= 4 is 38.9 Å². The van der Waals surface area contributed by atoms with E-state index in [1.54, 1.807) is 25.1 Å². The van der Waals surface area contributed by atoms with Crippen molar-refractivity contribution in [1.82, 2.24) is 0 Å². The van der Waals surface area contributed by atoms with Crippen molar-refractivity contribution < 1.29 is 13.2 Å². The molecule has 30 heavy (non-hydrogen) atoms. The van der Waals surface area contributed by atoms with Crippen LogP contribution in [0.25, 0.3) is 0 Å². The van der Waals surface area contributed by atoms with Crippen LogP contribution in [0.3, 0.4) is 0 Å². The summed E-state index contributed by atoms with van der Waals surface area (Å²) in [6.07, 6.45) is 0. The first-order valence-electron chi connectivity index (χ1n) is 9.33. The molecule has 0 saturated carbocycles. The van der Waals surface area contributed by atoms with E-state index in [-0.39, 0.29) is 10.8 Å². The summed E-state index contributed by atoms with van der Waals surface area (Å²) in [4.78, 5) is 13.0. The lowest BCUT2D eigenvalue weighted by Crippen LogP contribution is -2.27. The molecule has 0 fully saturated rings. The van der Waals surface area contributed by atoms with Crippen LogP contribution in [0.2, 0.25) is 5.02 Å². The van der Waals surface area contributed by atoms with Crippen molar-refractivity contribution in [2.45, 2.75) is 25.7 Å². The number of sulfonamides is 1. The van der Waals surface area contributed by atoms with Crippen LogP contribution in [-0.2, 0) is 10.0 Å².